The van der Waals surface area contributed by atoms with Gasteiger partial charge in [-0.1, -0.05) is 37.3 Å². The summed E-state index contributed by atoms with van der Waals surface area (Å²) in [4.78, 5) is 14.4. The van der Waals surface area contributed by atoms with Crippen molar-refractivity contribution >= 4 is 11.6 Å². The number of hydrogen-bond acceptors (Lipinski definition) is 3. The Morgan fingerprint density at radius 2 is 1.92 bits per heavy atom. The van der Waals surface area contributed by atoms with Crippen molar-refractivity contribution in [2.24, 2.45) is 5.92 Å². The first-order chi connectivity index (χ1) is 12.2. The molecule has 1 saturated heterocycles. The number of rotatable bonds is 6. The Kier molecular flexibility index (Phi) is 5.94. The smallest absolute Gasteiger partial charge is 0.224 e. The maximum Gasteiger partial charge on any atom is 0.224 e. The monoisotopic (exact) mass is 338 g/mol. The molecule has 25 heavy (non-hydrogen) atoms. The van der Waals surface area contributed by atoms with E-state index in [1.165, 1.54) is 6.42 Å². The van der Waals surface area contributed by atoms with E-state index in [4.69, 9.17) is 4.74 Å². The van der Waals surface area contributed by atoms with E-state index in [2.05, 4.69) is 12.2 Å². The molecule has 1 unspecified atom stereocenters. The molecule has 0 aliphatic carbocycles. The van der Waals surface area contributed by atoms with Gasteiger partial charge in [-0.05, 0) is 43.0 Å². The molecule has 0 radical (unpaired) electrons. The Morgan fingerprint density at radius 3 is 2.72 bits per heavy atom. The van der Waals surface area contributed by atoms with E-state index in [-0.39, 0.29) is 5.91 Å². The van der Waals surface area contributed by atoms with Crippen LogP contribution in [0, 0.1) is 5.92 Å². The minimum Gasteiger partial charge on any atom is -0.455 e. The predicted octanol–water partition coefficient (Wildman–Crippen LogP) is 4.54. The zero-order valence-electron chi connectivity index (χ0n) is 14.8. The normalized spacial score (nSPS) is 17.2. The summed E-state index contributed by atoms with van der Waals surface area (Å²) in [6, 6.07) is 17.5. The Bertz CT molecular complexity index is 687. The Morgan fingerprint density at radius 1 is 1.16 bits per heavy atom. The molecule has 1 aliphatic heterocycles. The number of hydrogen-bond donors (Lipinski definition) is 1. The highest BCUT2D eigenvalue weighted by atomic mass is 16.5. The van der Waals surface area contributed by atoms with Gasteiger partial charge in [-0.25, -0.2) is 0 Å². The van der Waals surface area contributed by atoms with Crippen LogP contribution in [0.5, 0.6) is 11.5 Å². The summed E-state index contributed by atoms with van der Waals surface area (Å²) in [6.45, 7) is 4.62. The van der Waals surface area contributed by atoms with Crippen molar-refractivity contribution in [1.82, 2.24) is 4.90 Å². The maximum absolute atomic E-state index is 12.4. The van der Waals surface area contributed by atoms with Gasteiger partial charge in [0.2, 0.25) is 5.91 Å². The number of anilines is 1. The van der Waals surface area contributed by atoms with E-state index in [9.17, 15) is 4.79 Å². The molecule has 1 amide bonds. The van der Waals surface area contributed by atoms with Crippen LogP contribution in [-0.4, -0.2) is 30.4 Å². The highest BCUT2D eigenvalue weighted by Gasteiger charge is 2.20. The fourth-order valence-corrected chi connectivity index (χ4v) is 3.20. The van der Waals surface area contributed by atoms with Gasteiger partial charge in [-0.3, -0.25) is 4.79 Å². The highest BCUT2D eigenvalue weighted by molar-refractivity contribution is 5.77. The Hall–Kier alpha value is -2.49. The molecule has 1 aliphatic rings. The Labute approximate surface area is 149 Å². The maximum atomic E-state index is 12.4. The summed E-state index contributed by atoms with van der Waals surface area (Å²) in [5.74, 6) is 2.43. The van der Waals surface area contributed by atoms with Crippen LogP contribution in [-0.2, 0) is 4.79 Å². The molecule has 0 spiro atoms. The minimum atomic E-state index is 0.237. The second-order valence-electron chi connectivity index (χ2n) is 6.68. The summed E-state index contributed by atoms with van der Waals surface area (Å²) in [6.07, 6.45) is 2.85. The molecular formula is C21H26N2O2. The number of piperidine rings is 1. The molecule has 1 fully saturated rings. The number of ether oxygens (including phenoxy) is 1. The van der Waals surface area contributed by atoms with Gasteiger partial charge < -0.3 is 15.0 Å². The fourth-order valence-electron chi connectivity index (χ4n) is 3.20. The van der Waals surface area contributed by atoms with Crippen molar-refractivity contribution in [3.8, 4) is 11.5 Å². The van der Waals surface area contributed by atoms with Gasteiger partial charge in [0.15, 0.2) is 5.75 Å². The molecule has 0 saturated carbocycles. The molecule has 2 aromatic carbocycles. The second kappa shape index (κ2) is 8.56. The summed E-state index contributed by atoms with van der Waals surface area (Å²) in [7, 11) is 0. The number of para-hydroxylation sites is 3. The first-order valence-corrected chi connectivity index (χ1v) is 9.06. The third-order valence-corrected chi connectivity index (χ3v) is 4.52. The number of carbonyl (C=O) groups is 1. The summed E-state index contributed by atoms with van der Waals surface area (Å²) in [5, 5.41) is 3.34. The lowest BCUT2D eigenvalue weighted by molar-refractivity contribution is -0.132. The van der Waals surface area contributed by atoms with Gasteiger partial charge in [-0.15, -0.1) is 0 Å². The molecule has 1 N–H and O–H groups in total. The number of amides is 1. The minimum absolute atomic E-state index is 0.237. The zero-order chi connectivity index (χ0) is 17.5. The van der Waals surface area contributed by atoms with Crippen LogP contribution >= 0.6 is 0 Å². The van der Waals surface area contributed by atoms with Gasteiger partial charge in [0.1, 0.15) is 5.75 Å². The molecule has 1 heterocycles. The first kappa shape index (κ1) is 17.3. The highest BCUT2D eigenvalue weighted by Crippen LogP contribution is 2.29. The van der Waals surface area contributed by atoms with Crippen LogP contribution in [0.2, 0.25) is 0 Å². The predicted molar refractivity (Wildman–Crippen MR) is 101 cm³/mol. The lowest BCUT2D eigenvalue weighted by atomic mass is 10.00. The van der Waals surface area contributed by atoms with Crippen LogP contribution in [0.4, 0.5) is 5.69 Å². The number of carbonyl (C=O) groups excluding carboxylic acids is 1. The zero-order valence-corrected chi connectivity index (χ0v) is 14.8. The molecule has 4 nitrogen and oxygen atoms in total. The molecule has 1 atom stereocenters. The van der Waals surface area contributed by atoms with E-state index >= 15 is 0 Å². The van der Waals surface area contributed by atoms with Crippen LogP contribution in [0.15, 0.2) is 54.6 Å². The quantitative estimate of drug-likeness (QED) is 0.841. The van der Waals surface area contributed by atoms with Crippen molar-refractivity contribution in [2.75, 3.05) is 25.0 Å². The van der Waals surface area contributed by atoms with Crippen molar-refractivity contribution in [3.63, 3.8) is 0 Å². The van der Waals surface area contributed by atoms with E-state index in [1.54, 1.807) is 0 Å². The topological polar surface area (TPSA) is 41.6 Å². The summed E-state index contributed by atoms with van der Waals surface area (Å²) in [5.41, 5.74) is 0.908. The van der Waals surface area contributed by atoms with Crippen molar-refractivity contribution in [3.05, 3.63) is 54.6 Å². The van der Waals surface area contributed by atoms with Crippen molar-refractivity contribution < 1.29 is 9.53 Å². The largest absolute Gasteiger partial charge is 0.455 e. The van der Waals surface area contributed by atoms with E-state index in [0.29, 0.717) is 18.9 Å². The summed E-state index contributed by atoms with van der Waals surface area (Å²) < 4.78 is 5.94. The van der Waals surface area contributed by atoms with Gasteiger partial charge in [0.05, 0.1) is 5.69 Å². The van der Waals surface area contributed by atoms with Gasteiger partial charge in [-0.2, -0.15) is 0 Å². The number of likely N-dealkylation sites (tertiary alicyclic amines) is 1. The van der Waals surface area contributed by atoms with Gasteiger partial charge in [0.25, 0.3) is 0 Å². The molecule has 3 rings (SSSR count). The van der Waals surface area contributed by atoms with Crippen molar-refractivity contribution in [1.29, 1.82) is 0 Å². The van der Waals surface area contributed by atoms with Crippen LogP contribution < -0.4 is 10.1 Å². The fraction of sp³-hybridized carbons (Fsp3) is 0.381. The van der Waals surface area contributed by atoms with Crippen LogP contribution in [0.25, 0.3) is 0 Å². The molecule has 2 aromatic rings. The number of nitrogens with one attached hydrogen (secondary N) is 1. The second-order valence-corrected chi connectivity index (χ2v) is 6.68. The third-order valence-electron chi connectivity index (χ3n) is 4.52. The Balaban J connectivity index is 1.54. The standard InChI is InChI=1S/C21H26N2O2/c1-17-8-7-15-23(16-17)21(24)13-14-22-19-11-5-6-12-20(19)25-18-9-3-2-4-10-18/h2-6,9-12,17,22H,7-8,13-16H2,1H3. The number of benzene rings is 2. The van der Waals surface area contributed by atoms with E-state index < -0.39 is 0 Å². The van der Waals surface area contributed by atoms with Gasteiger partial charge >= 0.3 is 0 Å². The summed E-state index contributed by atoms with van der Waals surface area (Å²) >= 11 is 0. The lowest BCUT2D eigenvalue weighted by Crippen LogP contribution is -2.39. The van der Waals surface area contributed by atoms with Crippen molar-refractivity contribution in [2.45, 2.75) is 26.2 Å². The number of nitrogens with zero attached hydrogens (tertiary/aromatic N) is 1. The molecular weight excluding hydrogens is 312 g/mol. The molecule has 132 valence electrons. The van der Waals surface area contributed by atoms with E-state index in [0.717, 1.165) is 36.7 Å². The van der Waals surface area contributed by atoms with Gasteiger partial charge in [0, 0.05) is 26.1 Å². The average Bonchev–Trinajstić information content (AvgIpc) is 2.64. The molecule has 0 bridgehead atoms. The average molecular weight is 338 g/mol. The van der Waals surface area contributed by atoms with E-state index in [1.807, 2.05) is 59.5 Å². The van der Waals surface area contributed by atoms with Crippen LogP contribution in [0.3, 0.4) is 0 Å². The lowest BCUT2D eigenvalue weighted by Gasteiger charge is -2.31. The van der Waals surface area contributed by atoms with Crippen LogP contribution in [0.1, 0.15) is 26.2 Å². The SMILES string of the molecule is CC1CCCN(C(=O)CCNc2ccccc2Oc2ccccc2)C1. The molecule has 4 heteroatoms. The first-order valence-electron chi connectivity index (χ1n) is 9.06. The molecule has 0 aromatic heterocycles. The third kappa shape index (κ3) is 4.99.